The maximum atomic E-state index is 13.6. The average molecular weight is 506 g/mol. The maximum absolute atomic E-state index is 13.6. The molecule has 35 heavy (non-hydrogen) atoms. The van der Waals surface area contributed by atoms with Crippen LogP contribution in [0.2, 0.25) is 0 Å². The third-order valence-corrected chi connectivity index (χ3v) is 8.47. The molecule has 0 radical (unpaired) electrons. The summed E-state index contributed by atoms with van der Waals surface area (Å²) in [7, 11) is -2.56. The fraction of sp³-hybridized carbons (Fsp3) is 0.519. The van der Waals surface area contributed by atoms with E-state index < -0.39 is 20.6 Å². The van der Waals surface area contributed by atoms with E-state index in [1.165, 1.54) is 26.2 Å². The van der Waals surface area contributed by atoms with Gasteiger partial charge in [0, 0.05) is 25.0 Å². The number of benzene rings is 2. The van der Waals surface area contributed by atoms with Gasteiger partial charge < -0.3 is 14.2 Å². The highest BCUT2D eigenvalue weighted by atomic mass is 32.2. The number of rotatable bonds is 13. The summed E-state index contributed by atoms with van der Waals surface area (Å²) in [6.45, 7) is 13.2. The first-order chi connectivity index (χ1) is 16.5. The zero-order valence-electron chi connectivity index (χ0n) is 21.9. The summed E-state index contributed by atoms with van der Waals surface area (Å²) in [6, 6.07) is 14.0. The minimum Gasteiger partial charge on any atom is -0.497 e. The van der Waals surface area contributed by atoms with Crippen molar-refractivity contribution in [3.05, 3.63) is 54.1 Å². The van der Waals surface area contributed by atoms with Crippen LogP contribution in [0.5, 0.6) is 11.5 Å². The first-order valence-corrected chi connectivity index (χ1v) is 13.5. The lowest BCUT2D eigenvalue weighted by Crippen LogP contribution is -2.46. The molecule has 0 spiro atoms. The summed E-state index contributed by atoms with van der Waals surface area (Å²) >= 11 is 0. The Hall–Kier alpha value is -2.58. The van der Waals surface area contributed by atoms with Gasteiger partial charge in [-0.3, -0.25) is 9.69 Å². The molecule has 0 aliphatic heterocycles. The van der Waals surface area contributed by atoms with Gasteiger partial charge in [0.2, 0.25) is 0 Å². The number of nitrogens with zero attached hydrogens (tertiary/aromatic N) is 1. The SMILES string of the molecule is CCOC(=O)C(C)(Cc1ccc(OCCN(C(C)C)C(C)C)cc1)S(=O)(=O)c1ccc(OC)cc1. The van der Waals surface area contributed by atoms with Crippen molar-refractivity contribution >= 4 is 15.8 Å². The molecule has 2 aromatic carbocycles. The van der Waals surface area contributed by atoms with Gasteiger partial charge in [-0.2, -0.15) is 0 Å². The lowest BCUT2D eigenvalue weighted by Gasteiger charge is -2.30. The molecule has 0 amide bonds. The number of hydrogen-bond donors (Lipinski definition) is 0. The van der Waals surface area contributed by atoms with Crippen molar-refractivity contribution < 1.29 is 27.4 Å². The smallest absolute Gasteiger partial charge is 0.327 e. The number of sulfone groups is 1. The zero-order valence-corrected chi connectivity index (χ0v) is 22.7. The third kappa shape index (κ3) is 6.98. The van der Waals surface area contributed by atoms with Gasteiger partial charge in [-0.15, -0.1) is 0 Å². The first-order valence-electron chi connectivity index (χ1n) is 12.0. The number of ether oxygens (including phenoxy) is 3. The Kier molecular flexibility index (Phi) is 10.2. The van der Waals surface area contributed by atoms with E-state index in [1.807, 2.05) is 0 Å². The van der Waals surface area contributed by atoms with Crippen LogP contribution in [0.3, 0.4) is 0 Å². The van der Waals surface area contributed by atoms with E-state index in [9.17, 15) is 13.2 Å². The molecule has 1 atom stereocenters. The van der Waals surface area contributed by atoms with Crippen LogP contribution in [0, 0.1) is 0 Å². The van der Waals surface area contributed by atoms with Crippen LogP contribution in [0.15, 0.2) is 53.4 Å². The first kappa shape index (κ1) is 28.7. The van der Waals surface area contributed by atoms with Crippen LogP contribution in [0.1, 0.15) is 47.1 Å². The normalized spacial score (nSPS) is 13.7. The van der Waals surface area contributed by atoms with Crippen LogP contribution in [-0.2, 0) is 25.8 Å². The summed E-state index contributed by atoms with van der Waals surface area (Å²) < 4.78 is 41.6. The van der Waals surface area contributed by atoms with Gasteiger partial charge in [0.1, 0.15) is 18.1 Å². The number of carbonyl (C=O) groups excluding carboxylic acids is 1. The second-order valence-electron chi connectivity index (χ2n) is 9.22. The zero-order chi connectivity index (χ0) is 26.2. The molecular formula is C27H39NO6S. The number of hydrogen-bond acceptors (Lipinski definition) is 7. The summed E-state index contributed by atoms with van der Waals surface area (Å²) in [5.74, 6) is 0.443. The molecule has 7 nitrogen and oxygen atoms in total. The molecule has 2 rings (SSSR count). The summed E-state index contributed by atoms with van der Waals surface area (Å²) in [4.78, 5) is 15.3. The molecule has 8 heteroatoms. The van der Waals surface area contributed by atoms with E-state index in [4.69, 9.17) is 14.2 Å². The van der Waals surface area contributed by atoms with Gasteiger partial charge in [0.05, 0.1) is 18.6 Å². The largest absolute Gasteiger partial charge is 0.497 e. The Morgan fingerprint density at radius 3 is 1.97 bits per heavy atom. The van der Waals surface area contributed by atoms with E-state index in [0.29, 0.717) is 35.8 Å². The van der Waals surface area contributed by atoms with Crippen LogP contribution in [0.25, 0.3) is 0 Å². The second-order valence-corrected chi connectivity index (χ2v) is 11.6. The Labute approximate surface area is 210 Å². The van der Waals surface area contributed by atoms with Gasteiger partial charge in [-0.05, 0) is 83.5 Å². The van der Waals surface area contributed by atoms with Crippen molar-refractivity contribution in [3.63, 3.8) is 0 Å². The van der Waals surface area contributed by atoms with Gasteiger partial charge in [-0.1, -0.05) is 12.1 Å². The topological polar surface area (TPSA) is 82.1 Å². The van der Waals surface area contributed by atoms with E-state index in [-0.39, 0.29) is 17.9 Å². The molecule has 0 bridgehead atoms. The fourth-order valence-corrected chi connectivity index (χ4v) is 5.70. The molecule has 0 N–H and O–H groups in total. The van der Waals surface area contributed by atoms with E-state index in [1.54, 1.807) is 43.3 Å². The van der Waals surface area contributed by atoms with Crippen LogP contribution in [0.4, 0.5) is 0 Å². The summed E-state index contributed by atoms with van der Waals surface area (Å²) in [6.07, 6.45) is -0.0328. The standard InChI is InChI=1S/C27H39NO6S/c1-8-33-26(29)27(6,35(30,31)25-15-13-23(32-7)14-16-25)19-22-9-11-24(12-10-22)34-18-17-28(20(2)3)21(4)5/h9-16,20-21H,8,17-19H2,1-7H3. The highest BCUT2D eigenvalue weighted by Crippen LogP contribution is 2.32. The second kappa shape index (κ2) is 12.4. The fourth-order valence-electron chi connectivity index (χ4n) is 4.05. The van der Waals surface area contributed by atoms with E-state index in [2.05, 4.69) is 32.6 Å². The predicted octanol–water partition coefficient (Wildman–Crippen LogP) is 4.53. The predicted molar refractivity (Wildman–Crippen MR) is 138 cm³/mol. The summed E-state index contributed by atoms with van der Waals surface area (Å²) in [5.41, 5.74) is 0.691. The number of carbonyl (C=O) groups is 1. The van der Waals surface area contributed by atoms with Crippen LogP contribution < -0.4 is 9.47 Å². The third-order valence-electron chi connectivity index (χ3n) is 6.08. The molecule has 194 valence electrons. The van der Waals surface area contributed by atoms with Crippen molar-refractivity contribution in [2.75, 3.05) is 26.9 Å². The monoisotopic (exact) mass is 505 g/mol. The lowest BCUT2D eigenvalue weighted by molar-refractivity contribution is -0.145. The van der Waals surface area contributed by atoms with E-state index in [0.717, 1.165) is 6.54 Å². The van der Waals surface area contributed by atoms with Gasteiger partial charge in [0.15, 0.2) is 14.6 Å². The van der Waals surface area contributed by atoms with E-state index >= 15 is 0 Å². The molecule has 0 saturated heterocycles. The highest BCUT2D eigenvalue weighted by molar-refractivity contribution is 7.93. The minimum atomic E-state index is -4.06. The Morgan fingerprint density at radius 1 is 0.943 bits per heavy atom. The molecule has 0 heterocycles. The maximum Gasteiger partial charge on any atom is 0.327 e. The molecular weight excluding hydrogens is 466 g/mol. The van der Waals surface area contributed by atoms with Gasteiger partial charge >= 0.3 is 5.97 Å². The van der Waals surface area contributed by atoms with Crippen molar-refractivity contribution in [1.82, 2.24) is 4.90 Å². The van der Waals surface area contributed by atoms with Crippen molar-refractivity contribution in [3.8, 4) is 11.5 Å². The van der Waals surface area contributed by atoms with Crippen molar-refractivity contribution in [2.24, 2.45) is 0 Å². The molecule has 0 aromatic heterocycles. The molecule has 0 aliphatic carbocycles. The number of methoxy groups -OCH3 is 1. The van der Waals surface area contributed by atoms with Crippen molar-refractivity contribution in [1.29, 1.82) is 0 Å². The minimum absolute atomic E-state index is 0.0328. The Bertz CT molecular complexity index is 1040. The average Bonchev–Trinajstić information content (AvgIpc) is 2.82. The van der Waals surface area contributed by atoms with Crippen LogP contribution in [-0.4, -0.2) is 63.0 Å². The molecule has 0 fully saturated rings. The highest BCUT2D eigenvalue weighted by Gasteiger charge is 2.48. The lowest BCUT2D eigenvalue weighted by atomic mass is 10.00. The number of esters is 1. The quantitative estimate of drug-likeness (QED) is 0.370. The van der Waals surface area contributed by atoms with Crippen molar-refractivity contribution in [2.45, 2.75) is 69.7 Å². The molecule has 0 aliphatic rings. The molecule has 2 aromatic rings. The Balaban J connectivity index is 2.22. The molecule has 0 saturated carbocycles. The van der Waals surface area contributed by atoms with Gasteiger partial charge in [0.25, 0.3) is 0 Å². The van der Waals surface area contributed by atoms with Gasteiger partial charge in [-0.25, -0.2) is 8.42 Å². The van der Waals surface area contributed by atoms with Crippen LogP contribution >= 0.6 is 0 Å². The Morgan fingerprint density at radius 2 is 1.49 bits per heavy atom. The summed E-state index contributed by atoms with van der Waals surface area (Å²) in [5, 5.41) is 0. The molecule has 1 unspecified atom stereocenters.